The van der Waals surface area contributed by atoms with Gasteiger partial charge in [0.15, 0.2) is 0 Å². The van der Waals surface area contributed by atoms with Gasteiger partial charge in [0.2, 0.25) is 0 Å². The highest BCUT2D eigenvalue weighted by Crippen LogP contribution is 2.30. The Morgan fingerprint density at radius 1 is 1.16 bits per heavy atom. The van der Waals surface area contributed by atoms with E-state index in [1.165, 1.54) is 12.1 Å². The van der Waals surface area contributed by atoms with Crippen molar-refractivity contribution < 1.29 is 19.4 Å². The van der Waals surface area contributed by atoms with Gasteiger partial charge < -0.3 is 15.2 Å². The van der Waals surface area contributed by atoms with Gasteiger partial charge in [-0.25, -0.2) is 9.78 Å². The second-order valence-electron chi connectivity index (χ2n) is 6.11. The zero-order valence-corrected chi connectivity index (χ0v) is 14.0. The summed E-state index contributed by atoms with van der Waals surface area (Å²) < 4.78 is 6.00. The average Bonchev–Trinajstić information content (AvgIpc) is 3.09. The maximum Gasteiger partial charge on any atom is 0.337 e. The molecular formula is C19H20N2O4. The lowest BCUT2D eigenvalue weighted by molar-refractivity contribution is 0.0695. The molecule has 0 spiro atoms. The standard InChI is InChI=1S/C19H20N2O4/c1-12-14(19(23)24)10-11-16(20-12)18(22)21-15-8-4-5-9-17(15)25-13-6-2-3-7-13/h4-5,8-11,13H,2-3,6-7H2,1H3,(H,21,22)(H,23,24). The first-order valence-electron chi connectivity index (χ1n) is 8.32. The molecule has 1 saturated carbocycles. The SMILES string of the molecule is Cc1nc(C(=O)Nc2ccccc2OC2CCCC2)ccc1C(=O)O. The number of aromatic carboxylic acids is 1. The van der Waals surface area contributed by atoms with Crippen LogP contribution >= 0.6 is 0 Å². The van der Waals surface area contributed by atoms with Crippen molar-refractivity contribution in [2.45, 2.75) is 38.7 Å². The molecule has 0 bridgehead atoms. The first-order valence-corrected chi connectivity index (χ1v) is 8.32. The lowest BCUT2D eigenvalue weighted by Crippen LogP contribution is -2.17. The molecule has 1 aliphatic rings. The number of nitrogens with zero attached hydrogens (tertiary/aromatic N) is 1. The molecule has 0 radical (unpaired) electrons. The summed E-state index contributed by atoms with van der Waals surface area (Å²) in [5.74, 6) is -0.823. The van der Waals surface area contributed by atoms with Crippen molar-refractivity contribution in [3.8, 4) is 5.75 Å². The highest BCUT2D eigenvalue weighted by molar-refractivity contribution is 6.04. The fraction of sp³-hybridized carbons (Fsp3) is 0.316. The molecule has 1 amide bonds. The molecule has 0 unspecified atom stereocenters. The summed E-state index contributed by atoms with van der Waals surface area (Å²) in [5.41, 5.74) is 1.14. The molecule has 130 valence electrons. The molecule has 1 fully saturated rings. The van der Waals surface area contributed by atoms with Crippen LogP contribution in [0.1, 0.15) is 52.2 Å². The number of para-hydroxylation sites is 2. The number of anilines is 1. The number of aromatic nitrogens is 1. The largest absolute Gasteiger partial charge is 0.488 e. The molecule has 0 saturated heterocycles. The minimum atomic E-state index is -1.06. The first-order chi connectivity index (χ1) is 12.0. The number of pyridine rings is 1. The zero-order valence-electron chi connectivity index (χ0n) is 14.0. The topological polar surface area (TPSA) is 88.5 Å². The Hall–Kier alpha value is -2.89. The van der Waals surface area contributed by atoms with E-state index in [9.17, 15) is 9.59 Å². The van der Waals surface area contributed by atoms with E-state index in [4.69, 9.17) is 9.84 Å². The molecule has 25 heavy (non-hydrogen) atoms. The van der Waals surface area contributed by atoms with E-state index >= 15 is 0 Å². The molecule has 0 atom stereocenters. The fourth-order valence-electron chi connectivity index (χ4n) is 2.96. The van der Waals surface area contributed by atoms with Crippen LogP contribution < -0.4 is 10.1 Å². The number of carbonyl (C=O) groups excluding carboxylic acids is 1. The van der Waals surface area contributed by atoms with Gasteiger partial charge in [0.25, 0.3) is 5.91 Å². The van der Waals surface area contributed by atoms with Gasteiger partial charge in [0.05, 0.1) is 23.0 Å². The highest BCUT2D eigenvalue weighted by atomic mass is 16.5. The van der Waals surface area contributed by atoms with Gasteiger partial charge in [-0.1, -0.05) is 12.1 Å². The van der Waals surface area contributed by atoms with E-state index in [2.05, 4.69) is 10.3 Å². The third-order valence-electron chi connectivity index (χ3n) is 4.28. The monoisotopic (exact) mass is 340 g/mol. The van der Waals surface area contributed by atoms with Gasteiger partial charge >= 0.3 is 5.97 Å². The fourth-order valence-corrected chi connectivity index (χ4v) is 2.96. The number of ether oxygens (including phenoxy) is 1. The predicted octanol–water partition coefficient (Wildman–Crippen LogP) is 3.66. The minimum absolute atomic E-state index is 0.0847. The molecule has 1 aromatic heterocycles. The summed E-state index contributed by atoms with van der Waals surface area (Å²) in [6, 6.07) is 10.1. The Bertz CT molecular complexity index is 798. The molecule has 6 nitrogen and oxygen atoms in total. The van der Waals surface area contributed by atoms with E-state index in [-0.39, 0.29) is 17.4 Å². The number of rotatable bonds is 5. The summed E-state index contributed by atoms with van der Waals surface area (Å²) in [4.78, 5) is 27.6. The number of hydrogen-bond donors (Lipinski definition) is 2. The van der Waals surface area contributed by atoms with Gasteiger partial charge in [0, 0.05) is 0 Å². The van der Waals surface area contributed by atoms with Crippen LogP contribution in [-0.2, 0) is 0 Å². The average molecular weight is 340 g/mol. The van der Waals surface area contributed by atoms with E-state index < -0.39 is 11.9 Å². The van der Waals surface area contributed by atoms with Crippen molar-refractivity contribution in [1.29, 1.82) is 0 Å². The van der Waals surface area contributed by atoms with Crippen LogP contribution in [0, 0.1) is 6.92 Å². The third kappa shape index (κ3) is 3.96. The van der Waals surface area contributed by atoms with Crippen molar-refractivity contribution >= 4 is 17.6 Å². The van der Waals surface area contributed by atoms with Crippen LogP contribution in [0.15, 0.2) is 36.4 Å². The lowest BCUT2D eigenvalue weighted by atomic mass is 10.2. The van der Waals surface area contributed by atoms with E-state index in [1.54, 1.807) is 13.0 Å². The zero-order chi connectivity index (χ0) is 17.8. The number of aryl methyl sites for hydroxylation is 1. The van der Waals surface area contributed by atoms with Gasteiger partial charge in [-0.3, -0.25) is 4.79 Å². The Morgan fingerprint density at radius 2 is 1.88 bits per heavy atom. The van der Waals surface area contributed by atoms with Crippen LogP contribution in [0.25, 0.3) is 0 Å². The van der Waals surface area contributed by atoms with Crippen molar-refractivity contribution in [3.63, 3.8) is 0 Å². The molecule has 1 aliphatic carbocycles. The van der Waals surface area contributed by atoms with Gasteiger partial charge in [0.1, 0.15) is 11.4 Å². The predicted molar refractivity (Wildman–Crippen MR) is 93.2 cm³/mol. The van der Waals surface area contributed by atoms with Crippen LogP contribution in [-0.4, -0.2) is 28.1 Å². The van der Waals surface area contributed by atoms with Crippen molar-refractivity contribution in [2.75, 3.05) is 5.32 Å². The highest BCUT2D eigenvalue weighted by Gasteiger charge is 2.19. The molecule has 0 aliphatic heterocycles. The number of hydrogen-bond acceptors (Lipinski definition) is 4. The quantitative estimate of drug-likeness (QED) is 0.867. The Labute approximate surface area is 145 Å². The molecule has 6 heteroatoms. The summed E-state index contributed by atoms with van der Waals surface area (Å²) in [7, 11) is 0. The maximum atomic E-state index is 12.5. The Kier molecular flexibility index (Phi) is 4.97. The summed E-state index contributed by atoms with van der Waals surface area (Å²) in [6.07, 6.45) is 4.57. The molecule has 1 aromatic carbocycles. The van der Waals surface area contributed by atoms with E-state index in [1.807, 2.05) is 18.2 Å². The van der Waals surface area contributed by atoms with E-state index in [0.29, 0.717) is 17.1 Å². The summed E-state index contributed by atoms with van der Waals surface area (Å²) >= 11 is 0. The van der Waals surface area contributed by atoms with Crippen LogP contribution in [0.4, 0.5) is 5.69 Å². The Balaban J connectivity index is 1.76. The Morgan fingerprint density at radius 3 is 2.56 bits per heavy atom. The molecular weight excluding hydrogens is 320 g/mol. The first kappa shape index (κ1) is 17.0. The second kappa shape index (κ2) is 7.34. The molecule has 1 heterocycles. The number of nitrogens with one attached hydrogen (secondary N) is 1. The lowest BCUT2D eigenvalue weighted by Gasteiger charge is -2.16. The summed E-state index contributed by atoms with van der Waals surface area (Å²) in [6.45, 7) is 1.57. The molecule has 3 rings (SSSR count). The molecule has 2 N–H and O–H groups in total. The number of carboxylic acids is 1. The molecule has 2 aromatic rings. The number of carbonyl (C=O) groups is 2. The number of benzene rings is 1. The third-order valence-corrected chi connectivity index (χ3v) is 4.28. The number of amides is 1. The maximum absolute atomic E-state index is 12.5. The second-order valence-corrected chi connectivity index (χ2v) is 6.11. The smallest absolute Gasteiger partial charge is 0.337 e. The van der Waals surface area contributed by atoms with E-state index in [0.717, 1.165) is 25.7 Å². The van der Waals surface area contributed by atoms with Crippen molar-refractivity contribution in [2.24, 2.45) is 0 Å². The van der Waals surface area contributed by atoms with Gasteiger partial charge in [-0.05, 0) is 56.9 Å². The van der Waals surface area contributed by atoms with Gasteiger partial charge in [-0.2, -0.15) is 0 Å². The minimum Gasteiger partial charge on any atom is -0.488 e. The normalized spacial score (nSPS) is 14.3. The van der Waals surface area contributed by atoms with Gasteiger partial charge in [-0.15, -0.1) is 0 Å². The summed E-state index contributed by atoms with van der Waals surface area (Å²) in [5, 5.41) is 11.8. The van der Waals surface area contributed by atoms with Crippen molar-refractivity contribution in [1.82, 2.24) is 4.98 Å². The number of carboxylic acid groups (broad SMARTS) is 1. The van der Waals surface area contributed by atoms with Crippen LogP contribution in [0.5, 0.6) is 5.75 Å². The van der Waals surface area contributed by atoms with Crippen molar-refractivity contribution in [3.05, 3.63) is 53.3 Å². The van der Waals surface area contributed by atoms with Crippen LogP contribution in [0.2, 0.25) is 0 Å². The van der Waals surface area contributed by atoms with Crippen LogP contribution in [0.3, 0.4) is 0 Å².